The van der Waals surface area contributed by atoms with Gasteiger partial charge in [0.25, 0.3) is 0 Å². The molecular formula is C6H15NO2. The summed E-state index contributed by atoms with van der Waals surface area (Å²) in [4.78, 5) is 4.51. The van der Waals surface area contributed by atoms with Crippen LogP contribution < -0.4 is 5.90 Å². The van der Waals surface area contributed by atoms with Crippen molar-refractivity contribution in [3.05, 3.63) is 0 Å². The number of nitrogens with two attached hydrogens (primary N) is 1. The highest BCUT2D eigenvalue weighted by Gasteiger charge is 2.03. The first-order chi connectivity index (χ1) is 4.35. The van der Waals surface area contributed by atoms with Crippen molar-refractivity contribution in [3.63, 3.8) is 0 Å². The molecule has 0 aromatic heterocycles. The molecule has 1 unspecified atom stereocenters. The maximum atomic E-state index is 5.08. The Bertz CT molecular complexity index is 53.0. The summed E-state index contributed by atoms with van der Waals surface area (Å²) in [6, 6.07) is 0. The second-order valence-electron chi connectivity index (χ2n) is 1.81. The van der Waals surface area contributed by atoms with Crippen LogP contribution in [0.1, 0.15) is 26.7 Å². The minimum absolute atomic E-state index is 0.208. The Morgan fingerprint density at radius 2 is 2.11 bits per heavy atom. The molecule has 0 aliphatic heterocycles. The van der Waals surface area contributed by atoms with Crippen LogP contribution in [0.5, 0.6) is 0 Å². The molecule has 0 aliphatic rings. The lowest BCUT2D eigenvalue weighted by Gasteiger charge is -2.11. The van der Waals surface area contributed by atoms with E-state index in [1.807, 2.05) is 6.92 Å². The molecule has 3 nitrogen and oxygen atoms in total. The smallest absolute Gasteiger partial charge is 0.176 e. The molecule has 3 heteroatoms. The fraction of sp³-hybridized carbons (Fsp3) is 1.00. The van der Waals surface area contributed by atoms with Crippen LogP contribution in [0.2, 0.25) is 0 Å². The first-order valence-corrected chi connectivity index (χ1v) is 3.32. The first kappa shape index (κ1) is 8.88. The van der Waals surface area contributed by atoms with E-state index in [2.05, 4.69) is 11.8 Å². The Balaban J connectivity index is 3.18. The Morgan fingerprint density at radius 1 is 1.44 bits per heavy atom. The van der Waals surface area contributed by atoms with Crippen LogP contribution in [0.3, 0.4) is 0 Å². The van der Waals surface area contributed by atoms with Crippen molar-refractivity contribution in [2.24, 2.45) is 5.90 Å². The maximum absolute atomic E-state index is 5.08. The Hall–Kier alpha value is -0.120. The molecule has 0 aromatic carbocycles. The quantitative estimate of drug-likeness (QED) is 0.450. The largest absolute Gasteiger partial charge is 0.351 e. The average molecular weight is 133 g/mol. The second kappa shape index (κ2) is 6.01. The molecule has 0 saturated heterocycles. The Kier molecular flexibility index (Phi) is 5.93. The fourth-order valence-electron chi connectivity index (χ4n) is 0.612. The van der Waals surface area contributed by atoms with E-state index in [0.29, 0.717) is 6.61 Å². The van der Waals surface area contributed by atoms with Gasteiger partial charge in [0, 0.05) is 6.61 Å². The lowest BCUT2D eigenvalue weighted by molar-refractivity contribution is -0.145. The van der Waals surface area contributed by atoms with E-state index in [-0.39, 0.29) is 6.29 Å². The van der Waals surface area contributed by atoms with E-state index in [0.717, 1.165) is 12.8 Å². The third-order valence-electron chi connectivity index (χ3n) is 1.03. The third kappa shape index (κ3) is 4.39. The van der Waals surface area contributed by atoms with Crippen molar-refractivity contribution in [2.75, 3.05) is 6.61 Å². The maximum Gasteiger partial charge on any atom is 0.176 e. The molecule has 56 valence electrons. The molecule has 2 N–H and O–H groups in total. The molecule has 0 radical (unpaired) electrons. The standard InChI is InChI=1S/C6H15NO2/c1-3-5-6(9-7)8-4-2/h6H,3-5,7H2,1-2H3. The monoisotopic (exact) mass is 133 g/mol. The van der Waals surface area contributed by atoms with Gasteiger partial charge in [-0.05, 0) is 13.3 Å². The van der Waals surface area contributed by atoms with Crippen molar-refractivity contribution in [1.82, 2.24) is 0 Å². The lowest BCUT2D eigenvalue weighted by atomic mass is 10.3. The van der Waals surface area contributed by atoms with E-state index in [9.17, 15) is 0 Å². The van der Waals surface area contributed by atoms with Gasteiger partial charge in [-0.15, -0.1) is 0 Å². The van der Waals surface area contributed by atoms with Gasteiger partial charge in [-0.1, -0.05) is 13.3 Å². The van der Waals surface area contributed by atoms with Crippen LogP contribution >= 0.6 is 0 Å². The van der Waals surface area contributed by atoms with E-state index in [1.54, 1.807) is 0 Å². The molecule has 0 aromatic rings. The van der Waals surface area contributed by atoms with E-state index < -0.39 is 0 Å². The van der Waals surface area contributed by atoms with E-state index in [1.165, 1.54) is 0 Å². The van der Waals surface area contributed by atoms with Crippen LogP contribution in [0.25, 0.3) is 0 Å². The molecule has 0 spiro atoms. The molecule has 0 saturated carbocycles. The summed E-state index contributed by atoms with van der Waals surface area (Å²) in [6.45, 7) is 4.63. The SMILES string of the molecule is CCCC(ON)OCC. The molecule has 0 bridgehead atoms. The highest BCUT2D eigenvalue weighted by Crippen LogP contribution is 1.99. The van der Waals surface area contributed by atoms with Gasteiger partial charge in [0.1, 0.15) is 0 Å². The van der Waals surface area contributed by atoms with Gasteiger partial charge in [0.15, 0.2) is 6.29 Å². The van der Waals surface area contributed by atoms with Crippen LogP contribution in [-0.2, 0) is 9.57 Å². The predicted molar refractivity (Wildman–Crippen MR) is 35.6 cm³/mol. The van der Waals surface area contributed by atoms with Gasteiger partial charge in [-0.2, -0.15) is 0 Å². The predicted octanol–water partition coefficient (Wildman–Crippen LogP) is 1.04. The summed E-state index contributed by atoms with van der Waals surface area (Å²) in [5.74, 6) is 4.92. The minimum Gasteiger partial charge on any atom is -0.351 e. The van der Waals surface area contributed by atoms with Crippen molar-refractivity contribution in [2.45, 2.75) is 33.0 Å². The van der Waals surface area contributed by atoms with Crippen molar-refractivity contribution >= 4 is 0 Å². The zero-order valence-corrected chi connectivity index (χ0v) is 6.09. The van der Waals surface area contributed by atoms with Gasteiger partial charge in [0.2, 0.25) is 0 Å². The van der Waals surface area contributed by atoms with Gasteiger partial charge >= 0.3 is 0 Å². The van der Waals surface area contributed by atoms with Crippen LogP contribution in [0.15, 0.2) is 0 Å². The third-order valence-corrected chi connectivity index (χ3v) is 1.03. The normalized spacial score (nSPS) is 13.7. The summed E-state index contributed by atoms with van der Waals surface area (Å²) in [7, 11) is 0. The van der Waals surface area contributed by atoms with Crippen molar-refractivity contribution in [1.29, 1.82) is 0 Å². The van der Waals surface area contributed by atoms with Crippen LogP contribution in [-0.4, -0.2) is 12.9 Å². The number of hydrogen-bond acceptors (Lipinski definition) is 3. The Morgan fingerprint density at radius 3 is 2.44 bits per heavy atom. The summed E-state index contributed by atoms with van der Waals surface area (Å²) in [6.07, 6.45) is 1.69. The molecule has 9 heavy (non-hydrogen) atoms. The summed E-state index contributed by atoms with van der Waals surface area (Å²) < 4.78 is 5.08. The summed E-state index contributed by atoms with van der Waals surface area (Å²) in [5.41, 5.74) is 0. The highest BCUT2D eigenvalue weighted by atomic mass is 16.7. The van der Waals surface area contributed by atoms with Crippen molar-refractivity contribution in [3.8, 4) is 0 Å². The minimum atomic E-state index is -0.208. The molecule has 0 aliphatic carbocycles. The molecule has 0 amide bonds. The lowest BCUT2D eigenvalue weighted by Crippen LogP contribution is -2.20. The zero-order valence-electron chi connectivity index (χ0n) is 6.09. The fourth-order valence-corrected chi connectivity index (χ4v) is 0.612. The average Bonchev–Trinajstić information content (AvgIpc) is 1.88. The van der Waals surface area contributed by atoms with Gasteiger partial charge in [-0.3, -0.25) is 4.84 Å². The van der Waals surface area contributed by atoms with E-state index in [4.69, 9.17) is 10.6 Å². The summed E-state index contributed by atoms with van der Waals surface area (Å²) >= 11 is 0. The molecule has 1 atom stereocenters. The zero-order chi connectivity index (χ0) is 7.11. The number of ether oxygens (including phenoxy) is 1. The molecule has 0 fully saturated rings. The van der Waals surface area contributed by atoms with Crippen LogP contribution in [0.4, 0.5) is 0 Å². The number of hydrogen-bond donors (Lipinski definition) is 1. The summed E-state index contributed by atoms with van der Waals surface area (Å²) in [5, 5.41) is 0. The van der Waals surface area contributed by atoms with Crippen molar-refractivity contribution < 1.29 is 9.57 Å². The first-order valence-electron chi connectivity index (χ1n) is 3.32. The molecular weight excluding hydrogens is 118 g/mol. The van der Waals surface area contributed by atoms with Gasteiger partial charge in [0.05, 0.1) is 0 Å². The van der Waals surface area contributed by atoms with Gasteiger partial charge in [-0.25, -0.2) is 5.90 Å². The molecule has 0 rings (SSSR count). The number of rotatable bonds is 5. The van der Waals surface area contributed by atoms with Crippen LogP contribution in [0, 0.1) is 0 Å². The topological polar surface area (TPSA) is 44.5 Å². The highest BCUT2D eigenvalue weighted by molar-refractivity contribution is 4.39. The van der Waals surface area contributed by atoms with E-state index >= 15 is 0 Å². The molecule has 0 heterocycles. The second-order valence-corrected chi connectivity index (χ2v) is 1.81. The van der Waals surface area contributed by atoms with Gasteiger partial charge < -0.3 is 4.74 Å². The Labute approximate surface area is 56.1 Å².